The van der Waals surface area contributed by atoms with E-state index in [0.717, 1.165) is 10.9 Å². The minimum absolute atomic E-state index is 0.0709. The number of rotatable bonds is 9. The topological polar surface area (TPSA) is 140 Å². The Balaban J connectivity index is 1.88. The highest BCUT2D eigenvalue weighted by Gasteiger charge is 2.25. The number of aliphatic hydroxyl groups excluding tert-OH is 1. The maximum atomic E-state index is 10.7. The largest absolute Gasteiger partial charge is 0.490 e. The fourth-order valence-electron chi connectivity index (χ4n) is 3.82. The van der Waals surface area contributed by atoms with Crippen LogP contribution < -0.4 is 10.5 Å². The third-order valence-corrected chi connectivity index (χ3v) is 5.52. The Kier molecular flexibility index (Phi) is 6.86. The molecule has 184 valence electrons. The molecule has 0 aliphatic carbocycles. The Morgan fingerprint density at radius 1 is 1.06 bits per heavy atom. The average molecular weight is 478 g/mol. The van der Waals surface area contributed by atoms with Crippen LogP contribution in [0.2, 0.25) is 0 Å². The molecule has 0 radical (unpaired) electrons. The summed E-state index contributed by atoms with van der Waals surface area (Å²) in [5, 5.41) is 35.7. The van der Waals surface area contributed by atoms with E-state index in [2.05, 4.69) is 15.1 Å². The number of aliphatic hydroxyl groups is 3. The molecule has 4 aromatic rings. The van der Waals surface area contributed by atoms with Crippen molar-refractivity contribution >= 4 is 10.9 Å². The summed E-state index contributed by atoms with van der Waals surface area (Å²) < 4.78 is 7.67. The van der Waals surface area contributed by atoms with E-state index in [1.54, 1.807) is 55.1 Å². The molecule has 0 aliphatic heterocycles. The number of hydrogen-bond donors (Lipinski definition) is 4. The molecular formula is C26H31N5O4. The van der Waals surface area contributed by atoms with Gasteiger partial charge in [-0.1, -0.05) is 25.5 Å². The Morgan fingerprint density at radius 2 is 1.83 bits per heavy atom. The minimum atomic E-state index is -1.54. The Morgan fingerprint density at radius 3 is 2.54 bits per heavy atom. The fraction of sp³-hybridized carbons (Fsp3) is 0.346. The van der Waals surface area contributed by atoms with Gasteiger partial charge in [0.1, 0.15) is 12.4 Å². The number of pyridine rings is 2. The second kappa shape index (κ2) is 9.71. The van der Waals surface area contributed by atoms with Crippen molar-refractivity contribution in [3.8, 4) is 22.8 Å². The van der Waals surface area contributed by atoms with Gasteiger partial charge in [0, 0.05) is 5.56 Å². The molecule has 3 aromatic heterocycles. The molecule has 1 unspecified atom stereocenters. The molecule has 35 heavy (non-hydrogen) atoms. The highest BCUT2D eigenvalue weighted by molar-refractivity contribution is 5.90. The Hall–Kier alpha value is -3.37. The summed E-state index contributed by atoms with van der Waals surface area (Å²) in [4.78, 5) is 9.12. The van der Waals surface area contributed by atoms with E-state index in [-0.39, 0.29) is 13.2 Å². The highest BCUT2D eigenvalue weighted by atomic mass is 16.5. The smallest absolute Gasteiger partial charge is 0.156 e. The lowest BCUT2D eigenvalue weighted by molar-refractivity contribution is 0.0286. The van der Waals surface area contributed by atoms with Crippen LogP contribution in [0.1, 0.15) is 45.0 Å². The van der Waals surface area contributed by atoms with E-state index in [1.165, 1.54) is 0 Å². The fourth-order valence-corrected chi connectivity index (χ4v) is 3.82. The summed E-state index contributed by atoms with van der Waals surface area (Å²) in [6.45, 7) is 5.17. The molecule has 0 aliphatic rings. The summed E-state index contributed by atoms with van der Waals surface area (Å²) in [5.74, 6) is 1.06. The lowest BCUT2D eigenvalue weighted by Crippen LogP contribution is -2.37. The highest BCUT2D eigenvalue weighted by Crippen LogP contribution is 2.34. The zero-order valence-electron chi connectivity index (χ0n) is 20.1. The number of ether oxygens (including phenoxy) is 1. The van der Waals surface area contributed by atoms with Crippen LogP contribution in [0.25, 0.3) is 28.0 Å². The van der Waals surface area contributed by atoms with Gasteiger partial charge in [-0.05, 0) is 56.7 Å². The molecule has 0 spiro atoms. The third-order valence-electron chi connectivity index (χ3n) is 5.52. The van der Waals surface area contributed by atoms with E-state index in [9.17, 15) is 15.3 Å². The molecule has 0 amide bonds. The van der Waals surface area contributed by atoms with Gasteiger partial charge in [0.05, 0.1) is 46.4 Å². The van der Waals surface area contributed by atoms with Crippen molar-refractivity contribution in [2.45, 2.75) is 51.5 Å². The number of fused-ring (bicyclic) bond motifs is 1. The second-order valence-corrected chi connectivity index (χ2v) is 9.29. The van der Waals surface area contributed by atoms with E-state index >= 15 is 0 Å². The second-order valence-electron chi connectivity index (χ2n) is 9.29. The first-order valence-corrected chi connectivity index (χ1v) is 11.5. The van der Waals surface area contributed by atoms with E-state index < -0.39 is 11.3 Å². The van der Waals surface area contributed by atoms with E-state index in [0.29, 0.717) is 47.0 Å². The molecule has 9 heteroatoms. The molecule has 0 bridgehead atoms. The van der Waals surface area contributed by atoms with Crippen LogP contribution in [0.15, 0.2) is 54.7 Å². The molecule has 0 fully saturated rings. The summed E-state index contributed by atoms with van der Waals surface area (Å²) in [6.07, 6.45) is 2.76. The van der Waals surface area contributed by atoms with Crippen molar-refractivity contribution in [1.82, 2.24) is 19.7 Å². The normalized spacial score (nSPS) is 13.7. The molecule has 1 atom stereocenters. The zero-order valence-corrected chi connectivity index (χ0v) is 20.1. The summed E-state index contributed by atoms with van der Waals surface area (Å²) >= 11 is 0. The van der Waals surface area contributed by atoms with E-state index in [4.69, 9.17) is 10.5 Å². The molecule has 0 saturated heterocycles. The van der Waals surface area contributed by atoms with Crippen LogP contribution in [0.4, 0.5) is 0 Å². The predicted octanol–water partition coefficient (Wildman–Crippen LogP) is 3.03. The number of nitrogens with two attached hydrogens (primary N) is 1. The standard InChI is InChI=1S/C26H31N5O4/c1-4-11-26(27,34)23-9-6-8-20(30-23)17-12-21-19(22(13-17)35-16-25(2,3)33)14-28-31(21)24-10-5-7-18(15-32)29-24/h5-10,12-14,32-34H,4,11,15-16,27H2,1-3H3. The Labute approximate surface area is 203 Å². The lowest BCUT2D eigenvalue weighted by Gasteiger charge is -2.22. The van der Waals surface area contributed by atoms with Gasteiger partial charge in [-0.25, -0.2) is 14.6 Å². The molecule has 9 nitrogen and oxygen atoms in total. The van der Waals surface area contributed by atoms with Gasteiger partial charge in [0.25, 0.3) is 0 Å². The first-order valence-electron chi connectivity index (χ1n) is 11.5. The van der Waals surface area contributed by atoms with Crippen molar-refractivity contribution in [3.05, 3.63) is 66.1 Å². The van der Waals surface area contributed by atoms with Gasteiger partial charge >= 0.3 is 0 Å². The van der Waals surface area contributed by atoms with Crippen LogP contribution >= 0.6 is 0 Å². The van der Waals surface area contributed by atoms with Gasteiger partial charge in [-0.2, -0.15) is 5.10 Å². The number of nitrogens with zero attached hydrogens (tertiary/aromatic N) is 4. The number of hydrogen-bond acceptors (Lipinski definition) is 8. The first kappa shape index (κ1) is 24.7. The predicted molar refractivity (Wildman–Crippen MR) is 133 cm³/mol. The van der Waals surface area contributed by atoms with Crippen molar-refractivity contribution in [1.29, 1.82) is 0 Å². The maximum absolute atomic E-state index is 10.7. The van der Waals surface area contributed by atoms with Gasteiger partial charge in [-0.15, -0.1) is 0 Å². The van der Waals surface area contributed by atoms with Crippen LogP contribution in [-0.4, -0.2) is 47.3 Å². The third kappa shape index (κ3) is 5.49. The summed E-state index contributed by atoms with van der Waals surface area (Å²) in [5.41, 5.74) is 6.47. The minimum Gasteiger partial charge on any atom is -0.490 e. The van der Waals surface area contributed by atoms with Crippen molar-refractivity contribution in [2.24, 2.45) is 5.73 Å². The first-order chi connectivity index (χ1) is 16.6. The number of benzene rings is 1. The van der Waals surface area contributed by atoms with Gasteiger partial charge in [0.2, 0.25) is 0 Å². The van der Waals surface area contributed by atoms with Crippen LogP contribution in [-0.2, 0) is 12.3 Å². The van der Waals surface area contributed by atoms with Crippen LogP contribution in [0.5, 0.6) is 5.75 Å². The SMILES string of the molecule is CCCC(N)(O)c1cccc(-c2cc(OCC(C)(C)O)c3cnn(-c4cccc(CO)n4)c3c2)n1. The molecule has 5 N–H and O–H groups in total. The lowest BCUT2D eigenvalue weighted by atomic mass is 10.0. The molecule has 0 saturated carbocycles. The monoisotopic (exact) mass is 477 g/mol. The average Bonchev–Trinajstić information content (AvgIpc) is 3.26. The molecule has 3 heterocycles. The van der Waals surface area contributed by atoms with Crippen molar-refractivity contribution in [2.75, 3.05) is 6.61 Å². The maximum Gasteiger partial charge on any atom is 0.156 e. The quantitative estimate of drug-likeness (QED) is 0.270. The molecule has 4 rings (SSSR count). The van der Waals surface area contributed by atoms with Crippen LogP contribution in [0.3, 0.4) is 0 Å². The Bertz CT molecular complexity index is 1330. The van der Waals surface area contributed by atoms with Gasteiger partial charge in [-0.3, -0.25) is 5.73 Å². The van der Waals surface area contributed by atoms with Crippen molar-refractivity contribution < 1.29 is 20.1 Å². The summed E-state index contributed by atoms with van der Waals surface area (Å²) in [6, 6.07) is 14.4. The van der Waals surface area contributed by atoms with Gasteiger partial charge < -0.3 is 20.1 Å². The van der Waals surface area contributed by atoms with E-state index in [1.807, 2.05) is 25.1 Å². The van der Waals surface area contributed by atoms with Gasteiger partial charge in [0.15, 0.2) is 11.5 Å². The zero-order chi connectivity index (χ0) is 25.2. The summed E-state index contributed by atoms with van der Waals surface area (Å²) in [7, 11) is 0. The molecular weight excluding hydrogens is 446 g/mol. The van der Waals surface area contributed by atoms with Crippen molar-refractivity contribution in [3.63, 3.8) is 0 Å². The molecule has 1 aromatic carbocycles. The number of aromatic nitrogens is 4. The van der Waals surface area contributed by atoms with Crippen LogP contribution in [0, 0.1) is 0 Å².